The molecule has 1 saturated heterocycles. The van der Waals surface area contributed by atoms with E-state index in [9.17, 15) is 19.2 Å². The minimum absolute atomic E-state index is 0.0639. The van der Waals surface area contributed by atoms with Crippen molar-refractivity contribution in [3.05, 3.63) is 22.7 Å². The molecule has 16 heteroatoms. The molecule has 1 aliphatic heterocycles. The third kappa shape index (κ3) is 9.44. The third-order valence-electron chi connectivity index (χ3n) is 7.19. The fraction of sp³-hybridized carbons (Fsp3) is 0.750. The van der Waals surface area contributed by atoms with E-state index in [4.69, 9.17) is 23.4 Å². The van der Waals surface area contributed by atoms with Gasteiger partial charge in [-0.1, -0.05) is 34.6 Å². The van der Waals surface area contributed by atoms with Gasteiger partial charge in [-0.25, -0.2) is 19.2 Å². The number of ether oxygens (including phenoxy) is 4. The molecule has 1 aromatic heterocycles. The Balaban J connectivity index is 2.43. The number of aromatic nitrogens is 2. The van der Waals surface area contributed by atoms with Crippen LogP contribution in [-0.2, 0) is 28.2 Å². The van der Waals surface area contributed by atoms with Gasteiger partial charge in [0, 0.05) is 6.20 Å². The molecule has 44 heavy (non-hydrogen) atoms. The summed E-state index contributed by atoms with van der Waals surface area (Å²) in [4.78, 5) is 53.9. The molecular formula is C28H46F2N4O9Si. The average Bonchev–Trinajstić information content (AvgIpc) is 3.08. The van der Waals surface area contributed by atoms with E-state index in [0.29, 0.717) is 4.57 Å². The number of carbonyl (C=O) groups is 3. The van der Waals surface area contributed by atoms with Gasteiger partial charge >= 0.3 is 29.8 Å². The molecule has 4 atom stereocenters. The first-order valence-corrected chi connectivity index (χ1v) is 17.3. The minimum Gasteiger partial charge on any atom is -0.451 e. The van der Waals surface area contributed by atoms with Crippen LogP contribution in [0.15, 0.2) is 17.1 Å². The number of nitrogens with zero attached hydrogens (tertiary/aromatic N) is 2. The smallest absolute Gasteiger partial charge is 0.412 e. The molecular weight excluding hydrogens is 602 g/mol. The van der Waals surface area contributed by atoms with Gasteiger partial charge in [-0.3, -0.25) is 9.88 Å². The maximum absolute atomic E-state index is 16.1. The van der Waals surface area contributed by atoms with Gasteiger partial charge in [-0.2, -0.15) is 13.8 Å². The van der Waals surface area contributed by atoms with Crippen LogP contribution in [0, 0.1) is 5.92 Å². The first kappa shape index (κ1) is 37.1. The summed E-state index contributed by atoms with van der Waals surface area (Å²) in [7, 11) is -2.49. The second-order valence-electron chi connectivity index (χ2n) is 13.3. The fourth-order valence-electron chi connectivity index (χ4n) is 3.82. The average molecular weight is 649 g/mol. The van der Waals surface area contributed by atoms with Crippen molar-refractivity contribution in [1.82, 2.24) is 14.9 Å². The molecule has 0 aliphatic carbocycles. The van der Waals surface area contributed by atoms with Crippen LogP contribution in [0.25, 0.3) is 0 Å². The van der Waals surface area contributed by atoms with Crippen LogP contribution in [0.3, 0.4) is 0 Å². The van der Waals surface area contributed by atoms with Crippen LogP contribution in [-0.4, -0.2) is 79.0 Å². The SMILES string of the molecule is CCOC(=O)Nc1ccn([C@@H]2O[C@H](CO[Si](C)(C)C(C)(C)C)[C@@H](OC(=O)[C@@H](NC(=O)OC(C)(C)C)C(C)C)C2(F)F)c(=O)n1. The summed E-state index contributed by atoms with van der Waals surface area (Å²) in [5, 5.41) is 4.34. The summed E-state index contributed by atoms with van der Waals surface area (Å²) in [6.07, 6.45) is -6.75. The first-order chi connectivity index (χ1) is 20.0. The standard InChI is InChI=1S/C28H46F2N4O9Si/c1-12-39-24(37)32-18-13-14-34(23(36)31-18)22-28(29,30)20(17(41-22)15-40-44(10,11)27(7,8)9)42-21(35)19(16(2)3)33-25(38)43-26(4,5)6/h13-14,16-17,19-20,22H,12,15H2,1-11H3,(H,33,38)(H,31,32,36,37)/t17-,19+,20-,22-/m1/s1. The van der Waals surface area contributed by atoms with Crippen molar-refractivity contribution < 1.29 is 46.5 Å². The number of carbonyl (C=O) groups excluding carboxylic acids is 3. The van der Waals surface area contributed by atoms with Gasteiger partial charge in [0.05, 0.1) is 13.2 Å². The second kappa shape index (κ2) is 13.9. The Labute approximate surface area is 257 Å². The maximum atomic E-state index is 16.1. The largest absolute Gasteiger partial charge is 0.451 e. The number of rotatable bonds is 10. The van der Waals surface area contributed by atoms with Crippen molar-refractivity contribution >= 4 is 32.3 Å². The highest BCUT2D eigenvalue weighted by atomic mass is 28.4. The van der Waals surface area contributed by atoms with Gasteiger partial charge in [-0.05, 0) is 57.8 Å². The highest BCUT2D eigenvalue weighted by molar-refractivity contribution is 6.74. The van der Waals surface area contributed by atoms with E-state index in [1.807, 2.05) is 33.9 Å². The van der Waals surface area contributed by atoms with Crippen LogP contribution in [0.1, 0.15) is 68.5 Å². The number of hydrogen-bond acceptors (Lipinski definition) is 10. The van der Waals surface area contributed by atoms with Crippen LogP contribution < -0.4 is 16.3 Å². The fourth-order valence-corrected chi connectivity index (χ4v) is 4.83. The molecule has 2 rings (SSSR count). The van der Waals surface area contributed by atoms with Crippen LogP contribution in [0.2, 0.25) is 18.1 Å². The highest BCUT2D eigenvalue weighted by Gasteiger charge is 2.63. The van der Waals surface area contributed by atoms with Gasteiger partial charge < -0.3 is 28.7 Å². The van der Waals surface area contributed by atoms with Crippen molar-refractivity contribution in [3.63, 3.8) is 0 Å². The number of nitrogens with one attached hydrogen (secondary N) is 2. The highest BCUT2D eigenvalue weighted by Crippen LogP contribution is 2.45. The molecule has 2 N–H and O–H groups in total. The first-order valence-electron chi connectivity index (χ1n) is 14.4. The molecule has 0 aromatic carbocycles. The lowest BCUT2D eigenvalue weighted by Gasteiger charge is -2.37. The van der Waals surface area contributed by atoms with Gasteiger partial charge in [0.1, 0.15) is 23.6 Å². The van der Waals surface area contributed by atoms with Gasteiger partial charge in [0.25, 0.3) is 0 Å². The normalized spacial score (nSPS) is 21.0. The zero-order chi connectivity index (χ0) is 33.8. The Morgan fingerprint density at radius 3 is 2.25 bits per heavy atom. The number of amides is 2. The van der Waals surface area contributed by atoms with Crippen LogP contribution >= 0.6 is 0 Å². The number of anilines is 1. The Hall–Kier alpha value is -3.11. The zero-order valence-electron chi connectivity index (χ0n) is 27.3. The van der Waals surface area contributed by atoms with Crippen molar-refractivity contribution in [2.45, 2.75) is 116 Å². The summed E-state index contributed by atoms with van der Waals surface area (Å²) in [5.74, 6) is -5.88. The molecule has 2 amide bonds. The summed E-state index contributed by atoms with van der Waals surface area (Å²) < 4.78 is 60.0. The molecule has 0 unspecified atom stereocenters. The van der Waals surface area contributed by atoms with E-state index in [1.54, 1.807) is 41.5 Å². The molecule has 1 aliphatic rings. The number of halogens is 2. The Morgan fingerprint density at radius 2 is 1.75 bits per heavy atom. The Bertz CT molecular complexity index is 1240. The van der Waals surface area contributed by atoms with Gasteiger partial charge in [-0.15, -0.1) is 0 Å². The van der Waals surface area contributed by atoms with Crippen molar-refractivity contribution in [2.24, 2.45) is 5.92 Å². The van der Waals surface area contributed by atoms with E-state index in [1.165, 1.54) is 0 Å². The van der Waals surface area contributed by atoms with E-state index in [-0.39, 0.29) is 24.1 Å². The lowest BCUT2D eigenvalue weighted by Crippen LogP contribution is -2.52. The molecule has 0 radical (unpaired) electrons. The predicted octanol–water partition coefficient (Wildman–Crippen LogP) is 4.83. The summed E-state index contributed by atoms with van der Waals surface area (Å²) >= 11 is 0. The second-order valence-corrected chi connectivity index (χ2v) is 18.2. The number of esters is 1. The molecule has 2 heterocycles. The molecule has 0 bridgehead atoms. The maximum Gasteiger partial charge on any atom is 0.412 e. The molecule has 1 aromatic rings. The van der Waals surface area contributed by atoms with Crippen molar-refractivity contribution in [2.75, 3.05) is 18.5 Å². The summed E-state index contributed by atoms with van der Waals surface area (Å²) in [5.41, 5.74) is -2.03. The number of hydrogen-bond donors (Lipinski definition) is 2. The van der Waals surface area contributed by atoms with E-state index in [2.05, 4.69) is 15.6 Å². The molecule has 1 fully saturated rings. The van der Waals surface area contributed by atoms with Crippen LogP contribution in [0.4, 0.5) is 24.2 Å². The number of alkyl halides is 2. The molecule has 250 valence electrons. The van der Waals surface area contributed by atoms with E-state index >= 15 is 8.78 Å². The van der Waals surface area contributed by atoms with Crippen molar-refractivity contribution in [3.8, 4) is 0 Å². The van der Waals surface area contributed by atoms with Crippen LogP contribution in [0.5, 0.6) is 0 Å². The van der Waals surface area contributed by atoms with E-state index < -0.39 is 74.1 Å². The van der Waals surface area contributed by atoms with E-state index in [0.717, 1.165) is 12.3 Å². The molecule has 0 saturated carbocycles. The monoisotopic (exact) mass is 648 g/mol. The summed E-state index contributed by atoms with van der Waals surface area (Å²) in [6.45, 7) is 19.1. The summed E-state index contributed by atoms with van der Waals surface area (Å²) in [6, 6.07) is -0.211. The zero-order valence-corrected chi connectivity index (χ0v) is 28.3. The number of alkyl carbamates (subject to hydrolysis) is 1. The van der Waals surface area contributed by atoms with Crippen molar-refractivity contribution in [1.29, 1.82) is 0 Å². The lowest BCUT2D eigenvalue weighted by atomic mass is 10.0. The molecule has 13 nitrogen and oxygen atoms in total. The topological polar surface area (TPSA) is 156 Å². The molecule has 0 spiro atoms. The lowest BCUT2D eigenvalue weighted by molar-refractivity contribution is -0.179. The predicted molar refractivity (Wildman–Crippen MR) is 159 cm³/mol. The van der Waals surface area contributed by atoms with Gasteiger partial charge in [0.2, 0.25) is 6.23 Å². The minimum atomic E-state index is -3.95. The Kier molecular flexibility index (Phi) is 11.7. The Morgan fingerprint density at radius 1 is 1.14 bits per heavy atom. The third-order valence-corrected chi connectivity index (χ3v) is 11.7. The quantitative estimate of drug-likeness (QED) is 0.205. The van der Waals surface area contributed by atoms with Gasteiger partial charge in [0.15, 0.2) is 14.4 Å².